The van der Waals surface area contributed by atoms with Crippen molar-refractivity contribution >= 4 is 23.2 Å². The second-order valence-corrected chi connectivity index (χ2v) is 5.90. The van der Waals surface area contributed by atoms with Crippen molar-refractivity contribution in [2.45, 2.75) is 13.0 Å². The van der Waals surface area contributed by atoms with Gasteiger partial charge in [0.2, 0.25) is 5.91 Å². The molecule has 0 radical (unpaired) electrons. The smallest absolute Gasteiger partial charge is 0.221 e. The summed E-state index contributed by atoms with van der Waals surface area (Å²) < 4.78 is 10.6. The molecule has 2 rings (SSSR count). The lowest BCUT2D eigenvalue weighted by molar-refractivity contribution is -0.121. The van der Waals surface area contributed by atoms with E-state index >= 15 is 0 Å². The van der Waals surface area contributed by atoms with Crippen molar-refractivity contribution in [3.8, 4) is 5.75 Å². The Kier molecular flexibility index (Phi) is 8.09. The maximum Gasteiger partial charge on any atom is 0.221 e. The van der Waals surface area contributed by atoms with Crippen molar-refractivity contribution in [2.75, 3.05) is 32.1 Å². The topological polar surface area (TPSA) is 59.6 Å². The van der Waals surface area contributed by atoms with Crippen molar-refractivity contribution in [3.05, 3.63) is 59.1 Å². The second-order valence-electron chi connectivity index (χ2n) is 5.46. The lowest BCUT2D eigenvalue weighted by Gasteiger charge is -2.09. The Morgan fingerprint density at radius 1 is 1.04 bits per heavy atom. The molecule has 0 heterocycles. The molecule has 0 aromatic heterocycles. The van der Waals surface area contributed by atoms with Crippen LogP contribution in [0.4, 0.5) is 5.69 Å². The molecule has 0 atom stereocenters. The predicted molar refractivity (Wildman–Crippen MR) is 100 cm³/mol. The van der Waals surface area contributed by atoms with Gasteiger partial charge in [-0.1, -0.05) is 23.7 Å². The molecule has 0 spiro atoms. The second kappa shape index (κ2) is 10.6. The van der Waals surface area contributed by atoms with Gasteiger partial charge in [0.15, 0.2) is 0 Å². The van der Waals surface area contributed by atoms with E-state index in [1.807, 2.05) is 48.5 Å². The first-order valence-corrected chi connectivity index (χ1v) is 8.52. The fourth-order valence-corrected chi connectivity index (χ4v) is 2.24. The zero-order valence-electron chi connectivity index (χ0n) is 14.3. The van der Waals surface area contributed by atoms with E-state index in [-0.39, 0.29) is 5.91 Å². The lowest BCUT2D eigenvalue weighted by atomic mass is 10.2. The highest BCUT2D eigenvalue weighted by Gasteiger charge is 2.01. The Hall–Kier alpha value is -2.24. The summed E-state index contributed by atoms with van der Waals surface area (Å²) in [5.41, 5.74) is 2.01. The normalized spacial score (nSPS) is 10.3. The Balaban J connectivity index is 1.69. The number of rotatable bonds is 10. The molecule has 0 aliphatic heterocycles. The van der Waals surface area contributed by atoms with Gasteiger partial charge in [-0.3, -0.25) is 4.79 Å². The van der Waals surface area contributed by atoms with Crippen LogP contribution < -0.4 is 15.4 Å². The van der Waals surface area contributed by atoms with Crippen LogP contribution in [0.15, 0.2) is 48.5 Å². The van der Waals surface area contributed by atoms with E-state index in [4.69, 9.17) is 21.1 Å². The molecule has 0 unspecified atom stereocenters. The van der Waals surface area contributed by atoms with Crippen LogP contribution in [0.25, 0.3) is 0 Å². The number of carbonyl (C=O) groups excluding carboxylic acids is 1. The minimum atomic E-state index is 0.00691. The van der Waals surface area contributed by atoms with Gasteiger partial charge in [0.25, 0.3) is 0 Å². The van der Waals surface area contributed by atoms with E-state index < -0.39 is 0 Å². The maximum atomic E-state index is 11.6. The van der Waals surface area contributed by atoms with Gasteiger partial charge in [-0.15, -0.1) is 0 Å². The van der Waals surface area contributed by atoms with Crippen LogP contribution in [-0.2, 0) is 16.1 Å². The highest BCUT2D eigenvalue weighted by molar-refractivity contribution is 6.30. The highest BCUT2D eigenvalue weighted by Crippen LogP contribution is 2.17. The number of hydrogen-bond acceptors (Lipinski definition) is 4. The molecule has 2 aromatic rings. The molecule has 2 aromatic carbocycles. The van der Waals surface area contributed by atoms with E-state index in [2.05, 4.69) is 10.6 Å². The Morgan fingerprint density at radius 3 is 2.44 bits per heavy atom. The van der Waals surface area contributed by atoms with Crippen molar-refractivity contribution in [1.82, 2.24) is 5.32 Å². The predicted octanol–water partition coefficient (Wildman–Crippen LogP) is 3.48. The van der Waals surface area contributed by atoms with E-state index in [1.54, 1.807) is 7.11 Å². The van der Waals surface area contributed by atoms with Crippen molar-refractivity contribution in [3.63, 3.8) is 0 Å². The quantitative estimate of drug-likeness (QED) is 0.635. The third-order valence-corrected chi connectivity index (χ3v) is 3.73. The van der Waals surface area contributed by atoms with Crippen LogP contribution in [0.1, 0.15) is 12.0 Å². The van der Waals surface area contributed by atoms with Crippen LogP contribution >= 0.6 is 11.6 Å². The number of amides is 1. The summed E-state index contributed by atoms with van der Waals surface area (Å²) in [5.74, 6) is 0.797. The van der Waals surface area contributed by atoms with E-state index in [0.29, 0.717) is 37.7 Å². The van der Waals surface area contributed by atoms with Crippen LogP contribution in [0.3, 0.4) is 0 Å². The third kappa shape index (κ3) is 7.45. The SMILES string of the molecule is COCCNC(=O)CCNc1ccc(OCc2ccc(Cl)cc2)cc1. The van der Waals surface area contributed by atoms with Crippen LogP contribution in [-0.4, -0.2) is 32.7 Å². The van der Waals surface area contributed by atoms with Gasteiger partial charge in [-0.2, -0.15) is 0 Å². The molecule has 0 saturated carbocycles. The summed E-state index contributed by atoms with van der Waals surface area (Å²) in [6.07, 6.45) is 0.415. The number of nitrogens with one attached hydrogen (secondary N) is 2. The summed E-state index contributed by atoms with van der Waals surface area (Å²) in [7, 11) is 1.61. The third-order valence-electron chi connectivity index (χ3n) is 3.48. The Morgan fingerprint density at radius 2 is 1.76 bits per heavy atom. The van der Waals surface area contributed by atoms with E-state index in [0.717, 1.165) is 17.0 Å². The number of anilines is 1. The molecule has 2 N–H and O–H groups in total. The van der Waals surface area contributed by atoms with Gasteiger partial charge < -0.3 is 20.1 Å². The summed E-state index contributed by atoms with van der Waals surface area (Å²) in [6.45, 7) is 2.13. The lowest BCUT2D eigenvalue weighted by Crippen LogP contribution is -2.28. The molecule has 0 aliphatic rings. The maximum absolute atomic E-state index is 11.6. The van der Waals surface area contributed by atoms with Crippen molar-refractivity contribution < 1.29 is 14.3 Å². The summed E-state index contributed by atoms with van der Waals surface area (Å²) >= 11 is 5.86. The van der Waals surface area contributed by atoms with Gasteiger partial charge in [0.05, 0.1) is 6.61 Å². The number of benzene rings is 2. The molecule has 5 nitrogen and oxygen atoms in total. The van der Waals surface area contributed by atoms with Crippen LogP contribution in [0.5, 0.6) is 5.75 Å². The fourth-order valence-electron chi connectivity index (χ4n) is 2.12. The van der Waals surface area contributed by atoms with Crippen molar-refractivity contribution in [1.29, 1.82) is 0 Å². The Labute approximate surface area is 153 Å². The first kappa shape index (κ1) is 19.1. The Bertz CT molecular complexity index is 645. The van der Waals surface area contributed by atoms with Gasteiger partial charge in [0.1, 0.15) is 12.4 Å². The summed E-state index contributed by atoms with van der Waals surface area (Å²) in [4.78, 5) is 11.6. The average molecular weight is 363 g/mol. The molecular formula is C19H23ClN2O3. The standard InChI is InChI=1S/C19H23ClN2O3/c1-24-13-12-22-19(23)10-11-21-17-6-8-18(9-7-17)25-14-15-2-4-16(20)5-3-15/h2-9,21H,10-14H2,1H3,(H,22,23). The summed E-state index contributed by atoms with van der Waals surface area (Å²) in [6, 6.07) is 15.2. The number of hydrogen-bond donors (Lipinski definition) is 2. The average Bonchev–Trinajstić information content (AvgIpc) is 2.62. The molecule has 0 saturated heterocycles. The zero-order valence-corrected chi connectivity index (χ0v) is 15.0. The van der Waals surface area contributed by atoms with E-state index in [1.165, 1.54) is 0 Å². The molecule has 25 heavy (non-hydrogen) atoms. The summed E-state index contributed by atoms with van der Waals surface area (Å²) in [5, 5.41) is 6.71. The zero-order chi connectivity index (χ0) is 17.9. The van der Waals surface area contributed by atoms with Gasteiger partial charge in [0, 0.05) is 37.3 Å². The molecule has 0 bridgehead atoms. The van der Waals surface area contributed by atoms with Crippen LogP contribution in [0.2, 0.25) is 5.02 Å². The number of halogens is 1. The molecular weight excluding hydrogens is 340 g/mol. The van der Waals surface area contributed by atoms with E-state index in [9.17, 15) is 4.79 Å². The van der Waals surface area contributed by atoms with Gasteiger partial charge in [-0.05, 0) is 42.0 Å². The molecule has 0 fully saturated rings. The molecule has 6 heteroatoms. The number of ether oxygens (including phenoxy) is 2. The number of carbonyl (C=O) groups is 1. The monoisotopic (exact) mass is 362 g/mol. The van der Waals surface area contributed by atoms with Gasteiger partial charge in [-0.25, -0.2) is 0 Å². The first-order chi connectivity index (χ1) is 12.2. The first-order valence-electron chi connectivity index (χ1n) is 8.14. The highest BCUT2D eigenvalue weighted by atomic mass is 35.5. The minimum Gasteiger partial charge on any atom is -0.489 e. The molecule has 0 aliphatic carbocycles. The minimum absolute atomic E-state index is 0.00691. The number of methoxy groups -OCH3 is 1. The van der Waals surface area contributed by atoms with Crippen LogP contribution in [0, 0.1) is 0 Å². The largest absolute Gasteiger partial charge is 0.489 e. The fraction of sp³-hybridized carbons (Fsp3) is 0.316. The molecule has 1 amide bonds. The molecule has 134 valence electrons. The van der Waals surface area contributed by atoms with Gasteiger partial charge >= 0.3 is 0 Å². The van der Waals surface area contributed by atoms with Crippen molar-refractivity contribution in [2.24, 2.45) is 0 Å².